The zero-order chi connectivity index (χ0) is 11.3. The van der Waals surface area contributed by atoms with Gasteiger partial charge in [0.2, 0.25) is 0 Å². The van der Waals surface area contributed by atoms with Gasteiger partial charge in [0.15, 0.2) is 0 Å². The summed E-state index contributed by atoms with van der Waals surface area (Å²) < 4.78 is 5.32. The van der Waals surface area contributed by atoms with Crippen LogP contribution in [-0.2, 0) is 6.42 Å². The minimum Gasteiger partial charge on any atom is -0.490 e. The molecule has 3 heteroatoms. The van der Waals surface area contributed by atoms with E-state index in [2.05, 4.69) is 6.58 Å². The Morgan fingerprint density at radius 1 is 1.60 bits per heavy atom. The standard InChI is InChI=1S/C12H14O3/c1-3-7-15-10-5-6-11(12(13)14)9(4-2)8-10/h3,5-6,8H,1,4,7H2,2H3,(H,13,14). The molecule has 0 spiro atoms. The van der Waals surface area contributed by atoms with Crippen LogP contribution in [0.25, 0.3) is 0 Å². The van der Waals surface area contributed by atoms with Crippen molar-refractivity contribution in [2.75, 3.05) is 6.61 Å². The van der Waals surface area contributed by atoms with E-state index in [1.165, 1.54) is 0 Å². The van der Waals surface area contributed by atoms with Crippen molar-refractivity contribution in [3.05, 3.63) is 42.0 Å². The summed E-state index contributed by atoms with van der Waals surface area (Å²) in [6.45, 7) is 5.89. The molecule has 0 saturated heterocycles. The van der Waals surface area contributed by atoms with E-state index in [0.29, 0.717) is 24.3 Å². The van der Waals surface area contributed by atoms with E-state index >= 15 is 0 Å². The quantitative estimate of drug-likeness (QED) is 0.753. The van der Waals surface area contributed by atoms with Gasteiger partial charge in [-0.3, -0.25) is 0 Å². The Labute approximate surface area is 89.0 Å². The highest BCUT2D eigenvalue weighted by molar-refractivity contribution is 5.89. The second kappa shape index (κ2) is 5.20. The zero-order valence-corrected chi connectivity index (χ0v) is 8.69. The highest BCUT2D eigenvalue weighted by Gasteiger charge is 2.09. The predicted molar refractivity (Wildman–Crippen MR) is 58.5 cm³/mol. The molecule has 1 N–H and O–H groups in total. The minimum atomic E-state index is -0.901. The van der Waals surface area contributed by atoms with E-state index in [0.717, 1.165) is 5.56 Å². The van der Waals surface area contributed by atoms with Crippen molar-refractivity contribution in [2.24, 2.45) is 0 Å². The molecule has 1 aromatic carbocycles. The molecule has 0 heterocycles. The summed E-state index contributed by atoms with van der Waals surface area (Å²) in [4.78, 5) is 10.8. The Bertz CT molecular complexity index is 369. The van der Waals surface area contributed by atoms with Gasteiger partial charge >= 0.3 is 5.97 Å². The van der Waals surface area contributed by atoms with Gasteiger partial charge in [-0.05, 0) is 30.2 Å². The van der Waals surface area contributed by atoms with Gasteiger partial charge in [0.25, 0.3) is 0 Å². The molecule has 0 aliphatic heterocycles. The average molecular weight is 206 g/mol. The first-order valence-corrected chi connectivity index (χ1v) is 4.79. The Morgan fingerprint density at radius 3 is 2.87 bits per heavy atom. The first kappa shape index (κ1) is 11.3. The number of rotatable bonds is 5. The van der Waals surface area contributed by atoms with Crippen LogP contribution in [0.15, 0.2) is 30.9 Å². The maximum atomic E-state index is 10.8. The van der Waals surface area contributed by atoms with Crippen LogP contribution in [0.2, 0.25) is 0 Å². The van der Waals surface area contributed by atoms with E-state index < -0.39 is 5.97 Å². The van der Waals surface area contributed by atoms with Crippen LogP contribution in [0.4, 0.5) is 0 Å². The normalized spacial score (nSPS) is 9.67. The lowest BCUT2D eigenvalue weighted by atomic mass is 10.1. The van der Waals surface area contributed by atoms with Gasteiger partial charge in [0.1, 0.15) is 12.4 Å². The summed E-state index contributed by atoms with van der Waals surface area (Å²) in [5.74, 6) is -0.223. The third-order valence-electron chi connectivity index (χ3n) is 2.06. The number of carboxylic acids is 1. The van der Waals surface area contributed by atoms with Crippen LogP contribution in [0.1, 0.15) is 22.8 Å². The number of aromatic carboxylic acids is 1. The largest absolute Gasteiger partial charge is 0.490 e. The first-order chi connectivity index (χ1) is 7.19. The molecule has 0 aliphatic rings. The van der Waals surface area contributed by atoms with Crippen LogP contribution in [0.3, 0.4) is 0 Å². The third kappa shape index (κ3) is 2.84. The van der Waals surface area contributed by atoms with Crippen molar-refractivity contribution in [3.8, 4) is 5.75 Å². The average Bonchev–Trinajstić information content (AvgIpc) is 2.25. The van der Waals surface area contributed by atoms with Gasteiger partial charge in [-0.2, -0.15) is 0 Å². The highest BCUT2D eigenvalue weighted by atomic mass is 16.5. The van der Waals surface area contributed by atoms with Crippen LogP contribution in [0.5, 0.6) is 5.75 Å². The van der Waals surface area contributed by atoms with E-state index in [1.54, 1.807) is 24.3 Å². The van der Waals surface area contributed by atoms with Gasteiger partial charge in [-0.25, -0.2) is 4.79 Å². The second-order valence-electron chi connectivity index (χ2n) is 3.08. The smallest absolute Gasteiger partial charge is 0.335 e. The van der Waals surface area contributed by atoms with Crippen LogP contribution >= 0.6 is 0 Å². The van der Waals surface area contributed by atoms with Crippen molar-refractivity contribution < 1.29 is 14.6 Å². The topological polar surface area (TPSA) is 46.5 Å². The van der Waals surface area contributed by atoms with E-state index in [1.807, 2.05) is 6.92 Å². The molecule has 80 valence electrons. The number of hydrogen-bond donors (Lipinski definition) is 1. The lowest BCUT2D eigenvalue weighted by molar-refractivity contribution is 0.0695. The van der Waals surface area contributed by atoms with Crippen LogP contribution < -0.4 is 4.74 Å². The van der Waals surface area contributed by atoms with E-state index in [4.69, 9.17) is 9.84 Å². The lowest BCUT2D eigenvalue weighted by Crippen LogP contribution is -2.02. The molecule has 0 unspecified atom stereocenters. The van der Waals surface area contributed by atoms with E-state index in [-0.39, 0.29) is 0 Å². The molecule has 1 rings (SSSR count). The van der Waals surface area contributed by atoms with Gasteiger partial charge < -0.3 is 9.84 Å². The molecule has 1 aromatic rings. The predicted octanol–water partition coefficient (Wildman–Crippen LogP) is 2.51. The molecule has 15 heavy (non-hydrogen) atoms. The summed E-state index contributed by atoms with van der Waals surface area (Å²) in [6.07, 6.45) is 2.32. The van der Waals surface area contributed by atoms with Crippen LogP contribution in [-0.4, -0.2) is 17.7 Å². The number of carbonyl (C=O) groups is 1. The molecule has 0 aromatic heterocycles. The number of hydrogen-bond acceptors (Lipinski definition) is 2. The Kier molecular flexibility index (Phi) is 3.92. The maximum Gasteiger partial charge on any atom is 0.335 e. The van der Waals surface area contributed by atoms with Crippen LogP contribution in [0, 0.1) is 0 Å². The van der Waals surface area contributed by atoms with Gasteiger partial charge in [0.05, 0.1) is 5.56 Å². The summed E-state index contributed by atoms with van der Waals surface area (Å²) in [6, 6.07) is 4.98. The van der Waals surface area contributed by atoms with Gasteiger partial charge in [0, 0.05) is 0 Å². The SMILES string of the molecule is C=CCOc1ccc(C(=O)O)c(CC)c1. The summed E-state index contributed by atoms with van der Waals surface area (Å²) >= 11 is 0. The van der Waals surface area contributed by atoms with Crippen molar-refractivity contribution in [1.29, 1.82) is 0 Å². The number of aryl methyl sites for hydroxylation is 1. The molecule has 0 radical (unpaired) electrons. The zero-order valence-electron chi connectivity index (χ0n) is 8.69. The fraction of sp³-hybridized carbons (Fsp3) is 0.250. The lowest BCUT2D eigenvalue weighted by Gasteiger charge is -2.07. The molecular formula is C12H14O3. The Hall–Kier alpha value is -1.77. The molecule has 3 nitrogen and oxygen atoms in total. The molecule has 0 atom stereocenters. The summed E-state index contributed by atoms with van der Waals surface area (Å²) in [5.41, 5.74) is 1.12. The van der Waals surface area contributed by atoms with E-state index in [9.17, 15) is 4.79 Å². The Morgan fingerprint density at radius 2 is 2.33 bits per heavy atom. The monoisotopic (exact) mass is 206 g/mol. The number of benzene rings is 1. The molecule has 0 aliphatic carbocycles. The number of carboxylic acid groups (broad SMARTS) is 1. The van der Waals surface area contributed by atoms with Crippen molar-refractivity contribution in [1.82, 2.24) is 0 Å². The molecule has 0 amide bonds. The summed E-state index contributed by atoms with van der Waals surface area (Å²) in [5, 5.41) is 8.91. The van der Waals surface area contributed by atoms with Crippen molar-refractivity contribution in [2.45, 2.75) is 13.3 Å². The second-order valence-corrected chi connectivity index (χ2v) is 3.08. The third-order valence-corrected chi connectivity index (χ3v) is 2.06. The fourth-order valence-electron chi connectivity index (χ4n) is 1.32. The molecular weight excluding hydrogens is 192 g/mol. The number of ether oxygens (including phenoxy) is 1. The fourth-order valence-corrected chi connectivity index (χ4v) is 1.32. The maximum absolute atomic E-state index is 10.8. The Balaban J connectivity index is 2.96. The van der Waals surface area contributed by atoms with Gasteiger partial charge in [-0.15, -0.1) is 0 Å². The van der Waals surface area contributed by atoms with Crippen molar-refractivity contribution >= 4 is 5.97 Å². The first-order valence-electron chi connectivity index (χ1n) is 4.79. The minimum absolute atomic E-state index is 0.337. The highest BCUT2D eigenvalue weighted by Crippen LogP contribution is 2.18. The summed E-state index contributed by atoms with van der Waals surface area (Å²) in [7, 11) is 0. The van der Waals surface area contributed by atoms with Gasteiger partial charge in [-0.1, -0.05) is 19.6 Å². The van der Waals surface area contributed by atoms with Crippen molar-refractivity contribution in [3.63, 3.8) is 0 Å². The molecule has 0 fully saturated rings. The molecule has 0 bridgehead atoms. The molecule has 0 saturated carbocycles.